The molecule has 25 heavy (non-hydrogen) atoms. The number of aromatic hydroxyl groups is 1. The molecular weight excluding hydrogens is 314 g/mol. The van der Waals surface area contributed by atoms with E-state index in [0.29, 0.717) is 18.8 Å². The minimum Gasteiger partial charge on any atom is -0.507 e. The Kier molecular flexibility index (Phi) is 5.03. The van der Waals surface area contributed by atoms with Crippen molar-refractivity contribution in [3.63, 3.8) is 0 Å². The number of rotatable bonds is 5. The van der Waals surface area contributed by atoms with E-state index in [4.69, 9.17) is 10.1 Å². The third-order valence-electron chi connectivity index (χ3n) is 4.44. The molecule has 1 unspecified atom stereocenters. The topological polar surface area (TPSA) is 68.9 Å². The van der Waals surface area contributed by atoms with E-state index in [-0.39, 0.29) is 11.7 Å². The molecule has 0 amide bonds. The fraction of sp³-hybridized carbons (Fsp3) is 0.300. The summed E-state index contributed by atoms with van der Waals surface area (Å²) in [5, 5.41) is 24.7. The van der Waals surface area contributed by atoms with Crippen LogP contribution in [0.2, 0.25) is 0 Å². The molecule has 1 aliphatic rings. The van der Waals surface area contributed by atoms with E-state index < -0.39 is 0 Å². The first kappa shape index (κ1) is 17.0. The van der Waals surface area contributed by atoms with Crippen LogP contribution < -0.4 is 4.74 Å². The maximum Gasteiger partial charge on any atom is 0.124 e. The van der Waals surface area contributed by atoms with Gasteiger partial charge in [-0.05, 0) is 36.2 Å². The molecule has 130 valence electrons. The standard InChI is InChI=1S/C20H23N3O2/c1-14-13-23(22-20(14)17-5-3-4-6-18(17)24)19(21)12-9-15-7-10-16(25-2)11-8-15/h3-8,10-11,14,21,24H,9,12-13H2,1-2H3. The molecule has 2 N–H and O–H groups in total. The highest BCUT2D eigenvalue weighted by molar-refractivity contribution is 6.06. The summed E-state index contributed by atoms with van der Waals surface area (Å²) in [6.45, 7) is 2.74. The summed E-state index contributed by atoms with van der Waals surface area (Å²) in [6.07, 6.45) is 1.41. The van der Waals surface area contributed by atoms with Gasteiger partial charge in [0, 0.05) is 17.9 Å². The molecule has 1 aliphatic heterocycles. The number of hydrogen-bond acceptors (Lipinski definition) is 4. The summed E-state index contributed by atoms with van der Waals surface area (Å²) in [4.78, 5) is 0. The Balaban J connectivity index is 1.65. The van der Waals surface area contributed by atoms with Crippen LogP contribution in [0.15, 0.2) is 53.6 Å². The van der Waals surface area contributed by atoms with Gasteiger partial charge in [0.05, 0.1) is 19.4 Å². The molecule has 0 saturated heterocycles. The maximum atomic E-state index is 10.0. The number of hydrogen-bond donors (Lipinski definition) is 2. The van der Waals surface area contributed by atoms with E-state index in [0.717, 1.165) is 23.4 Å². The van der Waals surface area contributed by atoms with Crippen molar-refractivity contribution in [1.29, 1.82) is 5.41 Å². The Bertz CT molecular complexity index is 784. The molecular formula is C20H23N3O2. The zero-order chi connectivity index (χ0) is 17.8. The zero-order valence-corrected chi connectivity index (χ0v) is 14.6. The molecule has 2 aromatic rings. The van der Waals surface area contributed by atoms with Gasteiger partial charge in [0.2, 0.25) is 0 Å². The van der Waals surface area contributed by atoms with Gasteiger partial charge < -0.3 is 9.84 Å². The van der Waals surface area contributed by atoms with Gasteiger partial charge >= 0.3 is 0 Å². The number of ether oxygens (including phenoxy) is 1. The van der Waals surface area contributed by atoms with E-state index >= 15 is 0 Å². The highest BCUT2D eigenvalue weighted by Crippen LogP contribution is 2.26. The summed E-state index contributed by atoms with van der Waals surface area (Å²) in [6, 6.07) is 15.1. The second-order valence-corrected chi connectivity index (χ2v) is 6.28. The lowest BCUT2D eigenvalue weighted by Crippen LogP contribution is -2.25. The fourth-order valence-electron chi connectivity index (χ4n) is 2.98. The van der Waals surface area contributed by atoms with Gasteiger partial charge in [-0.1, -0.05) is 31.2 Å². The van der Waals surface area contributed by atoms with Crippen LogP contribution in [0.25, 0.3) is 0 Å². The van der Waals surface area contributed by atoms with E-state index in [1.54, 1.807) is 24.3 Å². The highest BCUT2D eigenvalue weighted by atomic mass is 16.5. The zero-order valence-electron chi connectivity index (χ0n) is 14.6. The van der Waals surface area contributed by atoms with Crippen molar-refractivity contribution in [2.24, 2.45) is 11.0 Å². The molecule has 0 saturated carbocycles. The molecule has 5 heteroatoms. The number of nitrogens with one attached hydrogen (secondary N) is 1. The predicted octanol–water partition coefficient (Wildman–Crippen LogP) is 3.67. The first-order valence-electron chi connectivity index (χ1n) is 8.43. The number of hydrazone groups is 1. The SMILES string of the molecule is COc1ccc(CCC(=N)N2CC(C)C(c3ccccc3O)=N2)cc1. The number of amidine groups is 1. The van der Waals surface area contributed by atoms with E-state index in [1.165, 1.54) is 5.56 Å². The molecule has 2 aromatic carbocycles. The second-order valence-electron chi connectivity index (χ2n) is 6.28. The smallest absolute Gasteiger partial charge is 0.124 e. The van der Waals surface area contributed by atoms with Crippen molar-refractivity contribution in [3.05, 3.63) is 59.7 Å². The van der Waals surface area contributed by atoms with Crippen LogP contribution in [0, 0.1) is 11.3 Å². The third-order valence-corrected chi connectivity index (χ3v) is 4.44. The minimum atomic E-state index is 0.176. The normalized spacial score (nSPS) is 16.6. The Hall–Kier alpha value is -2.82. The van der Waals surface area contributed by atoms with E-state index in [1.807, 2.05) is 36.4 Å². The number of phenols is 1. The van der Waals surface area contributed by atoms with Crippen molar-refractivity contribution < 1.29 is 9.84 Å². The van der Waals surface area contributed by atoms with Gasteiger partial charge in [0.25, 0.3) is 0 Å². The fourth-order valence-corrected chi connectivity index (χ4v) is 2.98. The molecule has 0 aliphatic carbocycles. The van der Waals surface area contributed by atoms with Crippen LogP contribution in [0.1, 0.15) is 24.5 Å². The molecule has 1 atom stereocenters. The molecule has 0 spiro atoms. The first-order chi connectivity index (χ1) is 12.1. The van der Waals surface area contributed by atoms with Crippen LogP contribution in [-0.4, -0.2) is 35.3 Å². The quantitative estimate of drug-likeness (QED) is 0.646. The van der Waals surface area contributed by atoms with Crippen molar-refractivity contribution in [1.82, 2.24) is 5.01 Å². The minimum absolute atomic E-state index is 0.176. The van der Waals surface area contributed by atoms with Gasteiger partial charge in [0.1, 0.15) is 17.3 Å². The largest absolute Gasteiger partial charge is 0.507 e. The summed E-state index contributed by atoms with van der Waals surface area (Å²) >= 11 is 0. The van der Waals surface area contributed by atoms with Crippen molar-refractivity contribution in [2.75, 3.05) is 13.7 Å². The number of nitrogens with zero attached hydrogens (tertiary/aromatic N) is 2. The summed E-state index contributed by atoms with van der Waals surface area (Å²) in [7, 11) is 1.65. The summed E-state index contributed by atoms with van der Waals surface area (Å²) in [5.74, 6) is 1.74. The number of para-hydroxylation sites is 1. The monoisotopic (exact) mass is 337 g/mol. The lowest BCUT2D eigenvalue weighted by molar-refractivity contribution is 0.414. The van der Waals surface area contributed by atoms with Crippen molar-refractivity contribution in [2.45, 2.75) is 19.8 Å². The van der Waals surface area contributed by atoms with E-state index in [2.05, 4.69) is 12.0 Å². The molecule has 0 bridgehead atoms. The Morgan fingerprint density at radius 3 is 2.64 bits per heavy atom. The van der Waals surface area contributed by atoms with Crippen LogP contribution >= 0.6 is 0 Å². The second kappa shape index (κ2) is 7.38. The van der Waals surface area contributed by atoms with Crippen LogP contribution in [-0.2, 0) is 6.42 Å². The molecule has 1 heterocycles. The van der Waals surface area contributed by atoms with Gasteiger partial charge in [-0.25, -0.2) is 0 Å². The van der Waals surface area contributed by atoms with Crippen LogP contribution in [0.5, 0.6) is 11.5 Å². The van der Waals surface area contributed by atoms with Crippen molar-refractivity contribution in [3.8, 4) is 11.5 Å². The predicted molar refractivity (Wildman–Crippen MR) is 99.6 cm³/mol. The summed E-state index contributed by atoms with van der Waals surface area (Å²) in [5.41, 5.74) is 2.76. The van der Waals surface area contributed by atoms with Crippen LogP contribution in [0.3, 0.4) is 0 Å². The number of phenolic OH excluding ortho intramolecular Hbond substituents is 1. The Morgan fingerprint density at radius 1 is 1.24 bits per heavy atom. The molecule has 0 radical (unpaired) electrons. The average Bonchev–Trinajstić information content (AvgIpc) is 3.02. The maximum absolute atomic E-state index is 10.0. The number of benzene rings is 2. The average molecular weight is 337 g/mol. The van der Waals surface area contributed by atoms with Crippen molar-refractivity contribution >= 4 is 11.5 Å². The number of methoxy groups -OCH3 is 1. The van der Waals surface area contributed by atoms with Crippen LogP contribution in [0.4, 0.5) is 0 Å². The molecule has 3 rings (SSSR count). The Morgan fingerprint density at radius 2 is 1.96 bits per heavy atom. The Labute approximate surface area is 148 Å². The van der Waals surface area contributed by atoms with Gasteiger partial charge in [0.15, 0.2) is 0 Å². The van der Waals surface area contributed by atoms with Gasteiger partial charge in [-0.2, -0.15) is 5.10 Å². The third kappa shape index (κ3) is 3.82. The molecule has 5 nitrogen and oxygen atoms in total. The first-order valence-corrected chi connectivity index (χ1v) is 8.43. The lowest BCUT2D eigenvalue weighted by Gasteiger charge is -2.15. The summed E-state index contributed by atoms with van der Waals surface area (Å²) < 4.78 is 5.16. The molecule has 0 aromatic heterocycles. The molecule has 0 fully saturated rings. The van der Waals surface area contributed by atoms with Gasteiger partial charge in [-0.3, -0.25) is 10.4 Å². The number of aryl methyl sites for hydroxylation is 1. The lowest BCUT2D eigenvalue weighted by atomic mass is 9.98. The van der Waals surface area contributed by atoms with E-state index in [9.17, 15) is 5.11 Å². The van der Waals surface area contributed by atoms with Gasteiger partial charge in [-0.15, -0.1) is 0 Å². The highest BCUT2D eigenvalue weighted by Gasteiger charge is 2.27.